The number of amides is 2. The number of benzene rings is 2. The molecule has 2 aromatic carbocycles. The summed E-state index contributed by atoms with van der Waals surface area (Å²) in [6, 6.07) is 15.7. The predicted molar refractivity (Wildman–Crippen MR) is 106 cm³/mol. The number of thioether (sulfide) groups is 1. The van der Waals surface area contributed by atoms with Crippen molar-refractivity contribution >= 4 is 34.4 Å². The first-order valence-electron chi connectivity index (χ1n) is 8.45. The van der Waals surface area contributed by atoms with Crippen molar-refractivity contribution in [2.45, 2.75) is 32.1 Å². The average molecular weight is 367 g/mol. The van der Waals surface area contributed by atoms with Gasteiger partial charge in [0.15, 0.2) is 5.17 Å². The van der Waals surface area contributed by atoms with Crippen molar-refractivity contribution in [1.82, 2.24) is 5.32 Å². The van der Waals surface area contributed by atoms with Gasteiger partial charge in [0.05, 0.1) is 6.54 Å². The Morgan fingerprint density at radius 2 is 1.81 bits per heavy atom. The van der Waals surface area contributed by atoms with Crippen LogP contribution < -0.4 is 10.6 Å². The highest BCUT2D eigenvalue weighted by atomic mass is 32.2. The highest BCUT2D eigenvalue weighted by Gasteiger charge is 2.32. The first kappa shape index (κ1) is 18.2. The molecule has 1 heterocycles. The summed E-state index contributed by atoms with van der Waals surface area (Å²) < 4.78 is 0. The molecular weight excluding hydrogens is 346 g/mol. The smallest absolute Gasteiger partial charge is 0.240 e. The van der Waals surface area contributed by atoms with Gasteiger partial charge in [0.2, 0.25) is 11.8 Å². The van der Waals surface area contributed by atoms with E-state index in [9.17, 15) is 9.59 Å². The van der Waals surface area contributed by atoms with E-state index in [1.165, 1.54) is 11.8 Å². The Balaban J connectivity index is 1.58. The first-order valence-corrected chi connectivity index (χ1v) is 9.33. The van der Waals surface area contributed by atoms with E-state index in [4.69, 9.17) is 0 Å². The van der Waals surface area contributed by atoms with Crippen LogP contribution in [0.5, 0.6) is 0 Å². The van der Waals surface area contributed by atoms with Crippen LogP contribution in [0.3, 0.4) is 0 Å². The monoisotopic (exact) mass is 367 g/mol. The Labute approximate surface area is 157 Å². The van der Waals surface area contributed by atoms with E-state index < -0.39 is 5.25 Å². The van der Waals surface area contributed by atoms with Gasteiger partial charge in [0, 0.05) is 12.1 Å². The largest absolute Gasteiger partial charge is 0.326 e. The van der Waals surface area contributed by atoms with Crippen molar-refractivity contribution in [3.8, 4) is 0 Å². The lowest BCUT2D eigenvalue weighted by molar-refractivity contribution is -0.122. The fourth-order valence-corrected chi connectivity index (χ4v) is 3.70. The third kappa shape index (κ3) is 4.52. The molecule has 1 fully saturated rings. The Morgan fingerprint density at radius 3 is 2.50 bits per heavy atom. The Hall–Kier alpha value is -2.60. The van der Waals surface area contributed by atoms with E-state index in [-0.39, 0.29) is 18.2 Å². The van der Waals surface area contributed by atoms with Gasteiger partial charge >= 0.3 is 0 Å². The maximum Gasteiger partial charge on any atom is 0.240 e. The zero-order chi connectivity index (χ0) is 18.5. The van der Waals surface area contributed by atoms with Gasteiger partial charge in [-0.25, -0.2) is 0 Å². The second-order valence-corrected chi connectivity index (χ2v) is 7.41. The molecule has 0 bridgehead atoms. The molecule has 134 valence electrons. The summed E-state index contributed by atoms with van der Waals surface area (Å²) in [6.45, 7) is 4.41. The molecule has 0 saturated carbocycles. The van der Waals surface area contributed by atoms with Crippen LogP contribution in [0.25, 0.3) is 0 Å². The minimum absolute atomic E-state index is 0.120. The van der Waals surface area contributed by atoms with E-state index in [1.807, 2.05) is 62.4 Å². The van der Waals surface area contributed by atoms with Crippen LogP contribution in [0.15, 0.2) is 53.5 Å². The molecule has 2 amide bonds. The number of aryl methyl sites for hydroxylation is 2. The fraction of sp³-hybridized carbons (Fsp3) is 0.250. The first-order chi connectivity index (χ1) is 12.5. The molecule has 1 saturated heterocycles. The normalized spacial score (nSPS) is 18.0. The maximum absolute atomic E-state index is 12.4. The second-order valence-electron chi connectivity index (χ2n) is 6.22. The Morgan fingerprint density at radius 1 is 1.12 bits per heavy atom. The lowest BCUT2D eigenvalue weighted by atomic mass is 10.1. The lowest BCUT2D eigenvalue weighted by Crippen LogP contribution is -2.28. The van der Waals surface area contributed by atoms with E-state index in [0.717, 1.165) is 22.4 Å². The molecule has 0 radical (unpaired) electrons. The SMILES string of the molecule is Cc1cccc(C)c1NC(=O)C[C@H]1SC(=NCc2ccccc2)NC1=O. The van der Waals surface area contributed by atoms with Crippen molar-refractivity contribution in [3.05, 3.63) is 65.2 Å². The van der Waals surface area contributed by atoms with Crippen molar-refractivity contribution in [2.75, 3.05) is 5.32 Å². The summed E-state index contributed by atoms with van der Waals surface area (Å²) >= 11 is 1.31. The van der Waals surface area contributed by atoms with Crippen LogP contribution in [-0.2, 0) is 16.1 Å². The van der Waals surface area contributed by atoms with Gasteiger partial charge in [-0.1, -0.05) is 60.3 Å². The summed E-state index contributed by atoms with van der Waals surface area (Å²) in [6.07, 6.45) is 0.120. The number of aliphatic imine (C=N–C) groups is 1. The van der Waals surface area contributed by atoms with Crippen LogP contribution in [-0.4, -0.2) is 22.2 Å². The number of amidine groups is 1. The van der Waals surface area contributed by atoms with Crippen LogP contribution >= 0.6 is 11.8 Å². The topological polar surface area (TPSA) is 70.6 Å². The minimum Gasteiger partial charge on any atom is -0.326 e. The summed E-state index contributed by atoms with van der Waals surface area (Å²) in [5.74, 6) is -0.335. The predicted octanol–water partition coefficient (Wildman–Crippen LogP) is 3.42. The quantitative estimate of drug-likeness (QED) is 0.851. The van der Waals surface area contributed by atoms with Crippen LogP contribution in [0.2, 0.25) is 0 Å². The number of carbonyl (C=O) groups is 2. The van der Waals surface area contributed by atoms with Crippen LogP contribution in [0.1, 0.15) is 23.1 Å². The third-order valence-electron chi connectivity index (χ3n) is 4.14. The molecule has 0 aliphatic carbocycles. The van der Waals surface area contributed by atoms with Crippen molar-refractivity contribution in [2.24, 2.45) is 4.99 Å². The van der Waals surface area contributed by atoms with E-state index in [0.29, 0.717) is 11.7 Å². The molecule has 3 rings (SSSR count). The van der Waals surface area contributed by atoms with Gasteiger partial charge in [-0.3, -0.25) is 14.6 Å². The zero-order valence-corrected chi connectivity index (χ0v) is 15.6. The number of nitrogens with zero attached hydrogens (tertiary/aromatic N) is 1. The number of hydrogen-bond donors (Lipinski definition) is 2. The zero-order valence-electron chi connectivity index (χ0n) is 14.8. The third-order valence-corrected chi connectivity index (χ3v) is 5.26. The number of rotatable bonds is 5. The van der Waals surface area contributed by atoms with Crippen LogP contribution in [0.4, 0.5) is 5.69 Å². The molecule has 1 aliphatic rings. The number of carbonyl (C=O) groups excluding carboxylic acids is 2. The molecule has 0 aromatic heterocycles. The van der Waals surface area contributed by atoms with Crippen LogP contribution in [0, 0.1) is 13.8 Å². The maximum atomic E-state index is 12.4. The van der Waals surface area contributed by atoms with Gasteiger partial charge in [0.1, 0.15) is 5.25 Å². The molecule has 1 aliphatic heterocycles. The van der Waals surface area contributed by atoms with Gasteiger partial charge < -0.3 is 10.6 Å². The minimum atomic E-state index is -0.450. The number of nitrogens with one attached hydrogen (secondary N) is 2. The summed E-state index contributed by atoms with van der Waals surface area (Å²) in [7, 11) is 0. The molecular formula is C20H21N3O2S. The van der Waals surface area contributed by atoms with Gasteiger partial charge in [0.25, 0.3) is 0 Å². The molecule has 0 spiro atoms. The summed E-state index contributed by atoms with van der Waals surface area (Å²) in [5.41, 5.74) is 3.91. The van der Waals surface area contributed by atoms with Crippen molar-refractivity contribution in [1.29, 1.82) is 0 Å². The van der Waals surface area contributed by atoms with Gasteiger partial charge in [-0.15, -0.1) is 0 Å². The number of para-hydroxylation sites is 1. The number of hydrogen-bond acceptors (Lipinski definition) is 4. The van der Waals surface area contributed by atoms with Crippen molar-refractivity contribution < 1.29 is 9.59 Å². The van der Waals surface area contributed by atoms with E-state index >= 15 is 0 Å². The van der Waals surface area contributed by atoms with Gasteiger partial charge in [-0.2, -0.15) is 0 Å². The molecule has 5 nitrogen and oxygen atoms in total. The average Bonchev–Trinajstić information content (AvgIpc) is 2.97. The molecule has 6 heteroatoms. The highest BCUT2D eigenvalue weighted by Crippen LogP contribution is 2.25. The molecule has 1 atom stereocenters. The molecule has 26 heavy (non-hydrogen) atoms. The highest BCUT2D eigenvalue weighted by molar-refractivity contribution is 8.15. The Kier molecular flexibility index (Phi) is 5.73. The molecule has 0 unspecified atom stereocenters. The van der Waals surface area contributed by atoms with Gasteiger partial charge in [-0.05, 0) is 30.5 Å². The Bertz CT molecular complexity index is 829. The summed E-state index contributed by atoms with van der Waals surface area (Å²) in [5, 5.41) is 5.81. The second kappa shape index (κ2) is 8.19. The van der Waals surface area contributed by atoms with E-state index in [1.54, 1.807) is 0 Å². The standard InChI is InChI=1S/C20H21N3O2S/c1-13-7-6-8-14(2)18(13)22-17(24)11-16-19(25)23-20(26-16)21-12-15-9-4-3-5-10-15/h3-10,16H,11-12H2,1-2H3,(H,22,24)(H,21,23,25)/t16-/m1/s1. The van der Waals surface area contributed by atoms with Crippen molar-refractivity contribution in [3.63, 3.8) is 0 Å². The summed E-state index contributed by atoms with van der Waals surface area (Å²) in [4.78, 5) is 28.9. The van der Waals surface area contributed by atoms with E-state index in [2.05, 4.69) is 15.6 Å². The molecule has 2 aromatic rings. The lowest BCUT2D eigenvalue weighted by Gasteiger charge is -2.12. The molecule has 2 N–H and O–H groups in total. The fourth-order valence-electron chi connectivity index (χ4n) is 2.73. The number of anilines is 1.